The van der Waals surface area contributed by atoms with Crippen molar-refractivity contribution in [1.82, 2.24) is 0 Å². The topological polar surface area (TPSA) is 11.3 Å². The van der Waals surface area contributed by atoms with Crippen LogP contribution in [0.5, 0.6) is 0 Å². The average Bonchev–Trinajstić information content (AvgIpc) is 2.55. The van der Waals surface area contributed by atoms with Crippen molar-refractivity contribution in [1.29, 1.82) is 0 Å². The minimum atomic E-state index is 0.897. The van der Waals surface area contributed by atoms with Crippen molar-refractivity contribution in [2.24, 2.45) is 0 Å². The molecule has 3 aromatic carbocycles. The number of hydrogen-bond donors (Lipinski definition) is 0. The summed E-state index contributed by atoms with van der Waals surface area (Å²) in [5.74, 6) is 0.897. The van der Waals surface area contributed by atoms with Crippen molar-refractivity contribution < 1.29 is 4.42 Å². The minimum absolute atomic E-state index is 0.897. The van der Waals surface area contributed by atoms with Crippen molar-refractivity contribution in [3.05, 3.63) is 78.9 Å². The maximum atomic E-state index is 6.06. The van der Waals surface area contributed by atoms with Gasteiger partial charge in [-0.3, -0.25) is 0 Å². The molecule has 0 amide bonds. The zero-order valence-corrected chi connectivity index (χ0v) is 10.9. The first kappa shape index (κ1) is 11.2. The third-order valence-corrected chi connectivity index (χ3v) is 3.61. The van der Waals surface area contributed by atoms with E-state index >= 15 is 0 Å². The van der Waals surface area contributed by atoms with E-state index in [0.717, 1.165) is 22.3 Å². The van der Waals surface area contributed by atoms with E-state index in [-0.39, 0.29) is 0 Å². The van der Waals surface area contributed by atoms with E-state index in [1.165, 1.54) is 10.8 Å². The van der Waals surface area contributed by atoms with Crippen LogP contribution in [-0.4, -0.2) is 0 Å². The molecule has 1 nitrogen and oxygen atoms in total. The molecule has 1 heterocycles. The molecular formula is C19H13O+. The van der Waals surface area contributed by atoms with Crippen molar-refractivity contribution in [2.45, 2.75) is 0 Å². The quantitative estimate of drug-likeness (QED) is 0.322. The van der Waals surface area contributed by atoms with Crippen LogP contribution in [0.25, 0.3) is 33.1 Å². The number of fused-ring (bicyclic) bond motifs is 3. The van der Waals surface area contributed by atoms with E-state index in [9.17, 15) is 0 Å². The second-order valence-electron chi connectivity index (χ2n) is 4.86. The standard InChI is InChI=1S/C19H13O/c1-2-7-15(8-3-1)18-13-11-17-16-9-5-4-6-14(16)10-12-19(17)20-18/h1-13H/q+1. The molecule has 0 spiro atoms. The molecule has 1 aromatic heterocycles. The zero-order chi connectivity index (χ0) is 13.4. The Morgan fingerprint density at radius 2 is 1.35 bits per heavy atom. The van der Waals surface area contributed by atoms with Crippen molar-refractivity contribution in [3.8, 4) is 11.3 Å². The SMILES string of the molecule is c1ccc(-c2ccc3c(ccc4ccccc43)[o+]2)cc1. The van der Waals surface area contributed by atoms with Crippen molar-refractivity contribution in [2.75, 3.05) is 0 Å². The molecule has 0 unspecified atom stereocenters. The summed E-state index contributed by atoms with van der Waals surface area (Å²) in [5, 5.41) is 3.62. The van der Waals surface area contributed by atoms with Gasteiger partial charge < -0.3 is 0 Å². The predicted molar refractivity (Wildman–Crippen MR) is 83.6 cm³/mol. The fourth-order valence-corrected chi connectivity index (χ4v) is 2.61. The van der Waals surface area contributed by atoms with Crippen LogP contribution in [0, 0.1) is 0 Å². The van der Waals surface area contributed by atoms with Gasteiger partial charge in [-0.15, -0.1) is 0 Å². The van der Waals surface area contributed by atoms with Crippen LogP contribution in [0.4, 0.5) is 0 Å². The minimum Gasteiger partial charge on any atom is -0.207 e. The molecule has 0 N–H and O–H groups in total. The smallest absolute Gasteiger partial charge is 0.207 e. The third-order valence-electron chi connectivity index (χ3n) is 3.61. The van der Waals surface area contributed by atoms with Crippen LogP contribution in [0.3, 0.4) is 0 Å². The molecule has 0 atom stereocenters. The van der Waals surface area contributed by atoms with E-state index in [4.69, 9.17) is 4.42 Å². The summed E-state index contributed by atoms with van der Waals surface area (Å²) >= 11 is 0. The van der Waals surface area contributed by atoms with Crippen LogP contribution in [0.1, 0.15) is 0 Å². The third kappa shape index (κ3) is 1.76. The highest BCUT2D eigenvalue weighted by atomic mass is 16.3. The maximum absolute atomic E-state index is 6.06. The molecule has 0 fully saturated rings. The summed E-state index contributed by atoms with van der Waals surface area (Å²) < 4.78 is 6.06. The Labute approximate surface area is 117 Å². The van der Waals surface area contributed by atoms with Gasteiger partial charge in [0.15, 0.2) is 0 Å². The van der Waals surface area contributed by atoms with E-state index in [1.54, 1.807) is 0 Å². The van der Waals surface area contributed by atoms with Gasteiger partial charge in [-0.05, 0) is 35.0 Å². The van der Waals surface area contributed by atoms with Gasteiger partial charge in [0.25, 0.3) is 0 Å². The fraction of sp³-hybridized carbons (Fsp3) is 0. The van der Waals surface area contributed by atoms with E-state index in [2.05, 4.69) is 48.5 Å². The molecule has 4 rings (SSSR count). The van der Waals surface area contributed by atoms with Gasteiger partial charge in [0.05, 0.1) is 10.9 Å². The lowest BCUT2D eigenvalue weighted by Crippen LogP contribution is -1.80. The highest BCUT2D eigenvalue weighted by molar-refractivity contribution is 6.05. The van der Waals surface area contributed by atoms with E-state index in [1.807, 2.05) is 30.3 Å². The van der Waals surface area contributed by atoms with Gasteiger partial charge in [-0.2, -0.15) is 0 Å². The van der Waals surface area contributed by atoms with Crippen LogP contribution in [-0.2, 0) is 0 Å². The van der Waals surface area contributed by atoms with E-state index < -0.39 is 0 Å². The Kier molecular flexibility index (Phi) is 2.49. The molecule has 0 radical (unpaired) electrons. The van der Waals surface area contributed by atoms with Gasteiger partial charge in [0.2, 0.25) is 0 Å². The van der Waals surface area contributed by atoms with Crippen LogP contribution >= 0.6 is 0 Å². The molecule has 94 valence electrons. The van der Waals surface area contributed by atoms with Crippen molar-refractivity contribution in [3.63, 3.8) is 0 Å². The van der Waals surface area contributed by atoms with Crippen LogP contribution in [0.2, 0.25) is 0 Å². The molecule has 4 aromatic rings. The van der Waals surface area contributed by atoms with E-state index in [0.29, 0.717) is 0 Å². The molecule has 20 heavy (non-hydrogen) atoms. The first-order valence-electron chi connectivity index (χ1n) is 6.72. The molecule has 0 saturated carbocycles. The Morgan fingerprint density at radius 1 is 0.550 bits per heavy atom. The van der Waals surface area contributed by atoms with Crippen molar-refractivity contribution >= 4 is 21.7 Å². The Bertz CT molecular complexity index is 895. The molecule has 0 aliphatic rings. The number of hydrogen-bond acceptors (Lipinski definition) is 0. The van der Waals surface area contributed by atoms with Gasteiger partial charge >= 0.3 is 11.3 Å². The fourth-order valence-electron chi connectivity index (χ4n) is 2.61. The lowest BCUT2D eigenvalue weighted by molar-refractivity contribution is 0.620. The normalized spacial score (nSPS) is 11.0. The summed E-state index contributed by atoms with van der Waals surface area (Å²) in [5.41, 5.74) is 2.02. The summed E-state index contributed by atoms with van der Waals surface area (Å²) in [7, 11) is 0. The summed E-state index contributed by atoms with van der Waals surface area (Å²) in [6.45, 7) is 0. The van der Waals surface area contributed by atoms with Gasteiger partial charge in [0.1, 0.15) is 0 Å². The first-order valence-corrected chi connectivity index (χ1v) is 6.72. The Morgan fingerprint density at radius 3 is 2.25 bits per heavy atom. The maximum Gasteiger partial charge on any atom is 0.361 e. The zero-order valence-electron chi connectivity index (χ0n) is 10.9. The highest BCUT2D eigenvalue weighted by Crippen LogP contribution is 2.29. The molecule has 0 aliphatic carbocycles. The molecular weight excluding hydrogens is 244 g/mol. The summed E-state index contributed by atoms with van der Waals surface area (Å²) in [6.07, 6.45) is 0. The second-order valence-corrected chi connectivity index (χ2v) is 4.86. The molecule has 0 aliphatic heterocycles. The average molecular weight is 257 g/mol. The van der Waals surface area contributed by atoms with Gasteiger partial charge in [0, 0.05) is 12.1 Å². The predicted octanol–water partition coefficient (Wildman–Crippen LogP) is 5.53. The Hall–Kier alpha value is -2.67. The highest BCUT2D eigenvalue weighted by Gasteiger charge is 2.15. The van der Waals surface area contributed by atoms with Crippen LogP contribution in [0.15, 0.2) is 83.3 Å². The van der Waals surface area contributed by atoms with Gasteiger partial charge in [-0.1, -0.05) is 42.5 Å². The Balaban J connectivity index is 1.99. The second kappa shape index (κ2) is 4.46. The van der Waals surface area contributed by atoms with Crippen LogP contribution < -0.4 is 0 Å². The summed E-state index contributed by atoms with van der Waals surface area (Å²) in [6, 6.07) is 26.9. The summed E-state index contributed by atoms with van der Waals surface area (Å²) in [4.78, 5) is 0. The lowest BCUT2D eigenvalue weighted by atomic mass is 10.1. The first-order chi connectivity index (χ1) is 9.92. The largest absolute Gasteiger partial charge is 0.361 e. The lowest BCUT2D eigenvalue weighted by Gasteiger charge is -1.98. The number of benzene rings is 3. The molecule has 1 heteroatoms. The number of rotatable bonds is 1. The monoisotopic (exact) mass is 257 g/mol. The molecule has 0 bridgehead atoms. The van der Waals surface area contributed by atoms with Gasteiger partial charge in [-0.25, -0.2) is 4.42 Å². The molecule has 0 saturated heterocycles.